The largest absolute Gasteiger partial charge is 0.326 e. The molecule has 2 atom stereocenters. The summed E-state index contributed by atoms with van der Waals surface area (Å²) in [6.45, 7) is 1.83. The summed E-state index contributed by atoms with van der Waals surface area (Å²) < 4.78 is 0. The maximum atomic E-state index is 11.3. The lowest BCUT2D eigenvalue weighted by atomic mass is 9.92. The third kappa shape index (κ3) is 1.65. The standard InChI is InChI=1S/C8H13N3O2/c12-7-6(10-8(13)11-7)5-2-1-3-9-4-5/h5-6,9H,1-4H2,(H2,10,11,12,13). The number of piperidine rings is 1. The van der Waals surface area contributed by atoms with Crippen LogP contribution in [0.4, 0.5) is 4.79 Å². The molecule has 5 heteroatoms. The summed E-state index contributed by atoms with van der Waals surface area (Å²) >= 11 is 0. The summed E-state index contributed by atoms with van der Waals surface area (Å²) in [6.07, 6.45) is 2.08. The molecular weight excluding hydrogens is 170 g/mol. The van der Waals surface area contributed by atoms with Gasteiger partial charge in [0, 0.05) is 12.5 Å². The maximum Gasteiger partial charge on any atom is 0.322 e. The number of amides is 3. The van der Waals surface area contributed by atoms with E-state index in [2.05, 4.69) is 16.0 Å². The van der Waals surface area contributed by atoms with Crippen molar-refractivity contribution >= 4 is 11.9 Å². The minimum atomic E-state index is -0.361. The fourth-order valence-corrected chi connectivity index (χ4v) is 1.93. The Balaban J connectivity index is 1.99. The molecule has 2 aliphatic rings. The molecule has 3 amide bonds. The van der Waals surface area contributed by atoms with Gasteiger partial charge in [0.1, 0.15) is 6.04 Å². The number of imide groups is 1. The molecule has 2 unspecified atom stereocenters. The monoisotopic (exact) mass is 183 g/mol. The number of urea groups is 1. The Hall–Kier alpha value is -1.10. The average molecular weight is 183 g/mol. The van der Waals surface area contributed by atoms with E-state index in [9.17, 15) is 9.59 Å². The van der Waals surface area contributed by atoms with Crippen molar-refractivity contribution < 1.29 is 9.59 Å². The Morgan fingerprint density at radius 1 is 1.31 bits per heavy atom. The van der Waals surface area contributed by atoms with Crippen LogP contribution in [0.25, 0.3) is 0 Å². The van der Waals surface area contributed by atoms with E-state index in [1.807, 2.05) is 0 Å². The first-order chi connectivity index (χ1) is 6.27. The molecular formula is C8H13N3O2. The molecule has 5 nitrogen and oxygen atoms in total. The van der Waals surface area contributed by atoms with Gasteiger partial charge in [-0.05, 0) is 19.4 Å². The molecule has 13 heavy (non-hydrogen) atoms. The van der Waals surface area contributed by atoms with Crippen LogP contribution in [0, 0.1) is 5.92 Å². The maximum absolute atomic E-state index is 11.3. The number of hydrogen-bond donors (Lipinski definition) is 3. The Labute approximate surface area is 76.3 Å². The second-order valence-corrected chi connectivity index (χ2v) is 3.55. The van der Waals surface area contributed by atoms with Gasteiger partial charge in [-0.15, -0.1) is 0 Å². The van der Waals surface area contributed by atoms with Crippen molar-refractivity contribution in [2.75, 3.05) is 13.1 Å². The molecule has 2 rings (SSSR count). The molecule has 0 aromatic heterocycles. The van der Waals surface area contributed by atoms with Crippen LogP contribution in [0.2, 0.25) is 0 Å². The Bertz CT molecular complexity index is 236. The van der Waals surface area contributed by atoms with E-state index in [1.165, 1.54) is 0 Å². The second kappa shape index (κ2) is 3.33. The molecule has 0 aromatic carbocycles. The summed E-state index contributed by atoms with van der Waals surface area (Å²) in [6, 6.07) is -0.680. The van der Waals surface area contributed by atoms with E-state index in [4.69, 9.17) is 0 Å². The minimum absolute atomic E-state index is 0.182. The van der Waals surface area contributed by atoms with Gasteiger partial charge in [0.25, 0.3) is 5.91 Å². The molecule has 2 heterocycles. The van der Waals surface area contributed by atoms with Gasteiger partial charge in [-0.2, -0.15) is 0 Å². The molecule has 0 aromatic rings. The Kier molecular flexibility index (Phi) is 2.18. The predicted molar refractivity (Wildman–Crippen MR) is 46.1 cm³/mol. The van der Waals surface area contributed by atoms with Gasteiger partial charge in [-0.25, -0.2) is 4.79 Å². The zero-order valence-electron chi connectivity index (χ0n) is 7.30. The predicted octanol–water partition coefficient (Wildman–Crippen LogP) is -0.806. The van der Waals surface area contributed by atoms with Crippen LogP contribution >= 0.6 is 0 Å². The van der Waals surface area contributed by atoms with Crippen molar-refractivity contribution in [3.05, 3.63) is 0 Å². The van der Waals surface area contributed by atoms with Gasteiger partial charge in [0.05, 0.1) is 0 Å². The van der Waals surface area contributed by atoms with E-state index in [0.717, 1.165) is 25.9 Å². The molecule has 0 radical (unpaired) electrons. The summed E-state index contributed by atoms with van der Waals surface area (Å²) in [7, 11) is 0. The Morgan fingerprint density at radius 3 is 2.69 bits per heavy atom. The SMILES string of the molecule is O=C1NC(=O)C(C2CCCNC2)N1. The van der Waals surface area contributed by atoms with Crippen molar-refractivity contribution in [3.8, 4) is 0 Å². The Morgan fingerprint density at radius 2 is 2.15 bits per heavy atom. The lowest BCUT2D eigenvalue weighted by Crippen LogP contribution is -2.44. The second-order valence-electron chi connectivity index (χ2n) is 3.55. The zero-order chi connectivity index (χ0) is 9.26. The molecule has 3 N–H and O–H groups in total. The number of nitrogens with one attached hydrogen (secondary N) is 3. The lowest BCUT2D eigenvalue weighted by Gasteiger charge is -2.25. The first-order valence-corrected chi connectivity index (χ1v) is 4.59. The van der Waals surface area contributed by atoms with Gasteiger partial charge in [-0.3, -0.25) is 10.1 Å². The third-order valence-corrected chi connectivity index (χ3v) is 2.61. The molecule has 2 saturated heterocycles. The van der Waals surface area contributed by atoms with Gasteiger partial charge in [-0.1, -0.05) is 0 Å². The zero-order valence-corrected chi connectivity index (χ0v) is 7.30. The smallest absolute Gasteiger partial charge is 0.322 e. The van der Waals surface area contributed by atoms with Crippen molar-refractivity contribution in [3.63, 3.8) is 0 Å². The molecule has 2 aliphatic heterocycles. The van der Waals surface area contributed by atoms with E-state index < -0.39 is 0 Å². The van der Waals surface area contributed by atoms with Gasteiger partial charge >= 0.3 is 6.03 Å². The molecule has 0 aliphatic carbocycles. The van der Waals surface area contributed by atoms with E-state index in [1.54, 1.807) is 0 Å². The van der Waals surface area contributed by atoms with E-state index >= 15 is 0 Å². The molecule has 0 spiro atoms. The first-order valence-electron chi connectivity index (χ1n) is 4.59. The highest BCUT2D eigenvalue weighted by Gasteiger charge is 2.36. The topological polar surface area (TPSA) is 70.2 Å². The quantitative estimate of drug-likeness (QED) is 0.466. The van der Waals surface area contributed by atoms with Crippen molar-refractivity contribution in [1.82, 2.24) is 16.0 Å². The van der Waals surface area contributed by atoms with Crippen molar-refractivity contribution in [1.29, 1.82) is 0 Å². The fraction of sp³-hybridized carbons (Fsp3) is 0.750. The first kappa shape index (κ1) is 8.50. The van der Waals surface area contributed by atoms with Crippen LogP contribution in [0.15, 0.2) is 0 Å². The molecule has 0 saturated carbocycles. The fourth-order valence-electron chi connectivity index (χ4n) is 1.93. The third-order valence-electron chi connectivity index (χ3n) is 2.61. The van der Waals surface area contributed by atoms with Crippen LogP contribution in [-0.4, -0.2) is 31.1 Å². The lowest BCUT2D eigenvalue weighted by molar-refractivity contribution is -0.121. The van der Waals surface area contributed by atoms with Crippen molar-refractivity contribution in [2.24, 2.45) is 5.92 Å². The summed E-state index contributed by atoms with van der Waals surface area (Å²) in [5.41, 5.74) is 0. The summed E-state index contributed by atoms with van der Waals surface area (Å²) in [5.74, 6) is 0.0684. The van der Waals surface area contributed by atoms with Gasteiger partial charge < -0.3 is 10.6 Å². The number of carbonyl (C=O) groups excluding carboxylic acids is 2. The minimum Gasteiger partial charge on any atom is -0.326 e. The number of rotatable bonds is 1. The van der Waals surface area contributed by atoms with Crippen LogP contribution in [0.1, 0.15) is 12.8 Å². The molecule has 0 bridgehead atoms. The average Bonchev–Trinajstić information content (AvgIpc) is 2.47. The number of carbonyl (C=O) groups is 2. The molecule has 72 valence electrons. The number of hydrogen-bond acceptors (Lipinski definition) is 3. The summed E-state index contributed by atoms with van der Waals surface area (Å²) in [5, 5.41) is 8.10. The highest BCUT2D eigenvalue weighted by molar-refractivity contribution is 6.04. The van der Waals surface area contributed by atoms with Crippen LogP contribution in [-0.2, 0) is 4.79 Å². The van der Waals surface area contributed by atoms with E-state index in [-0.39, 0.29) is 23.9 Å². The molecule has 2 fully saturated rings. The summed E-state index contributed by atoms with van der Waals surface area (Å²) in [4.78, 5) is 22.1. The van der Waals surface area contributed by atoms with E-state index in [0.29, 0.717) is 0 Å². The van der Waals surface area contributed by atoms with Crippen LogP contribution in [0.3, 0.4) is 0 Å². The van der Waals surface area contributed by atoms with Gasteiger partial charge in [0.2, 0.25) is 0 Å². The van der Waals surface area contributed by atoms with Crippen LogP contribution < -0.4 is 16.0 Å². The normalized spacial score (nSPS) is 34.2. The van der Waals surface area contributed by atoms with Crippen molar-refractivity contribution in [2.45, 2.75) is 18.9 Å². The van der Waals surface area contributed by atoms with Gasteiger partial charge in [0.15, 0.2) is 0 Å². The highest BCUT2D eigenvalue weighted by atomic mass is 16.2. The highest BCUT2D eigenvalue weighted by Crippen LogP contribution is 2.16. The van der Waals surface area contributed by atoms with Crippen LogP contribution in [0.5, 0.6) is 0 Å².